The summed E-state index contributed by atoms with van der Waals surface area (Å²) in [5.41, 5.74) is -0.763. The Morgan fingerprint density at radius 2 is 1.79 bits per heavy atom. The lowest BCUT2D eigenvalue weighted by molar-refractivity contribution is -0.153. The molecule has 1 atom stereocenters. The Hall–Kier alpha value is -2.10. The molecule has 0 fully saturated rings. The zero-order valence-electron chi connectivity index (χ0n) is 15.1. The maximum absolute atomic E-state index is 12.9. The molecule has 1 aromatic heterocycles. The Morgan fingerprint density at radius 3 is 2.42 bits per heavy atom. The molecule has 1 unspecified atom stereocenters. The Labute approximate surface area is 142 Å². The predicted octanol–water partition coefficient (Wildman–Crippen LogP) is 4.94. The molecule has 2 aromatic rings. The molecule has 0 bridgehead atoms. The summed E-state index contributed by atoms with van der Waals surface area (Å²) in [6.45, 7) is 10.3. The van der Waals surface area contributed by atoms with E-state index < -0.39 is 11.0 Å². The molecule has 0 saturated carbocycles. The van der Waals surface area contributed by atoms with E-state index in [2.05, 4.69) is 27.7 Å². The quantitative estimate of drug-likeness (QED) is 0.427. The first-order valence-electron chi connectivity index (χ1n) is 8.49. The molecule has 0 spiro atoms. The molecule has 4 heteroatoms. The molecule has 0 N–H and O–H groups in total. The van der Waals surface area contributed by atoms with Gasteiger partial charge in [-0.05, 0) is 43.4 Å². The van der Waals surface area contributed by atoms with Crippen molar-refractivity contribution in [1.29, 1.82) is 0 Å². The van der Waals surface area contributed by atoms with Gasteiger partial charge in [-0.15, -0.1) is 0 Å². The standard InChI is InChI=1S/C20H26O4/c1-6-12-20(5,19(3,4)7-2)18(22)23-15-10-8-14-9-11-17(21)24-16(14)13-15/h8-11,13H,6-7,12H2,1-5H3. The van der Waals surface area contributed by atoms with E-state index in [1.807, 2.05) is 6.92 Å². The number of carbonyl (C=O) groups is 1. The second kappa shape index (κ2) is 6.80. The van der Waals surface area contributed by atoms with Crippen molar-refractivity contribution in [2.24, 2.45) is 10.8 Å². The average Bonchev–Trinajstić information content (AvgIpc) is 2.54. The molecular formula is C20H26O4. The van der Waals surface area contributed by atoms with E-state index in [-0.39, 0.29) is 11.4 Å². The van der Waals surface area contributed by atoms with Crippen LogP contribution in [-0.4, -0.2) is 5.97 Å². The Morgan fingerprint density at radius 1 is 1.12 bits per heavy atom. The average molecular weight is 330 g/mol. The van der Waals surface area contributed by atoms with Crippen LogP contribution in [0.3, 0.4) is 0 Å². The summed E-state index contributed by atoms with van der Waals surface area (Å²) >= 11 is 0. The van der Waals surface area contributed by atoms with Gasteiger partial charge in [0.2, 0.25) is 0 Å². The maximum Gasteiger partial charge on any atom is 0.336 e. The third-order valence-electron chi connectivity index (χ3n) is 5.38. The summed E-state index contributed by atoms with van der Waals surface area (Å²) in [6, 6.07) is 8.17. The van der Waals surface area contributed by atoms with Gasteiger partial charge in [-0.25, -0.2) is 4.79 Å². The molecule has 0 saturated heterocycles. The van der Waals surface area contributed by atoms with Gasteiger partial charge in [0.05, 0.1) is 5.41 Å². The molecule has 0 amide bonds. The molecule has 2 rings (SSSR count). The second-order valence-electron chi connectivity index (χ2n) is 7.16. The van der Waals surface area contributed by atoms with Crippen molar-refractivity contribution in [2.75, 3.05) is 0 Å². The highest BCUT2D eigenvalue weighted by atomic mass is 16.5. The van der Waals surface area contributed by atoms with E-state index in [0.29, 0.717) is 11.3 Å². The first-order chi connectivity index (χ1) is 11.2. The molecule has 130 valence electrons. The molecule has 0 aliphatic rings. The third kappa shape index (κ3) is 3.37. The van der Waals surface area contributed by atoms with Crippen molar-refractivity contribution in [3.8, 4) is 5.75 Å². The van der Waals surface area contributed by atoms with Crippen molar-refractivity contribution < 1.29 is 13.9 Å². The summed E-state index contributed by atoms with van der Waals surface area (Å²) in [5.74, 6) is 0.157. The van der Waals surface area contributed by atoms with Crippen LogP contribution in [0.15, 0.2) is 39.5 Å². The Bertz CT molecular complexity index is 788. The molecule has 0 radical (unpaired) electrons. The van der Waals surface area contributed by atoms with E-state index in [0.717, 1.165) is 24.6 Å². The molecule has 0 aliphatic carbocycles. The van der Waals surface area contributed by atoms with Crippen molar-refractivity contribution in [2.45, 2.75) is 53.9 Å². The van der Waals surface area contributed by atoms with Crippen LogP contribution in [0.5, 0.6) is 5.75 Å². The molecular weight excluding hydrogens is 304 g/mol. The van der Waals surface area contributed by atoms with Gasteiger partial charge in [0.1, 0.15) is 11.3 Å². The number of carbonyl (C=O) groups excluding carboxylic acids is 1. The molecule has 24 heavy (non-hydrogen) atoms. The number of esters is 1. The second-order valence-corrected chi connectivity index (χ2v) is 7.16. The zero-order valence-corrected chi connectivity index (χ0v) is 15.1. The van der Waals surface area contributed by atoms with E-state index in [4.69, 9.17) is 9.15 Å². The summed E-state index contributed by atoms with van der Waals surface area (Å²) in [6.07, 6.45) is 2.54. The summed E-state index contributed by atoms with van der Waals surface area (Å²) in [5, 5.41) is 0.791. The zero-order chi connectivity index (χ0) is 18.0. The topological polar surface area (TPSA) is 56.5 Å². The lowest BCUT2D eigenvalue weighted by Crippen LogP contribution is -2.44. The van der Waals surface area contributed by atoms with Gasteiger partial charge >= 0.3 is 11.6 Å². The fourth-order valence-electron chi connectivity index (χ4n) is 2.93. The van der Waals surface area contributed by atoms with E-state index in [1.165, 1.54) is 6.07 Å². The summed E-state index contributed by atoms with van der Waals surface area (Å²) < 4.78 is 10.8. The molecule has 1 aromatic carbocycles. The fraction of sp³-hybridized carbons (Fsp3) is 0.500. The van der Waals surface area contributed by atoms with Crippen LogP contribution in [0.4, 0.5) is 0 Å². The van der Waals surface area contributed by atoms with Crippen LogP contribution in [0, 0.1) is 10.8 Å². The van der Waals surface area contributed by atoms with Gasteiger partial charge in [0.15, 0.2) is 0 Å². The lowest BCUT2D eigenvalue weighted by Gasteiger charge is -2.41. The number of rotatable bonds is 6. The lowest BCUT2D eigenvalue weighted by atomic mass is 9.63. The highest BCUT2D eigenvalue weighted by Gasteiger charge is 2.46. The number of hydrogen-bond acceptors (Lipinski definition) is 4. The van der Waals surface area contributed by atoms with Crippen LogP contribution in [0.2, 0.25) is 0 Å². The summed E-state index contributed by atoms with van der Waals surface area (Å²) in [7, 11) is 0. The van der Waals surface area contributed by atoms with Crippen molar-refractivity contribution in [1.82, 2.24) is 0 Å². The minimum absolute atomic E-state index is 0.177. The minimum atomic E-state index is -0.580. The Balaban J connectivity index is 2.34. The van der Waals surface area contributed by atoms with E-state index >= 15 is 0 Å². The minimum Gasteiger partial charge on any atom is -0.426 e. The highest BCUT2D eigenvalue weighted by molar-refractivity contribution is 5.82. The predicted molar refractivity (Wildman–Crippen MR) is 95.2 cm³/mol. The molecule has 0 aliphatic heterocycles. The van der Waals surface area contributed by atoms with Gasteiger partial charge in [0, 0.05) is 17.5 Å². The van der Waals surface area contributed by atoms with E-state index in [9.17, 15) is 9.59 Å². The summed E-state index contributed by atoms with van der Waals surface area (Å²) in [4.78, 5) is 24.3. The van der Waals surface area contributed by atoms with Gasteiger partial charge in [-0.3, -0.25) is 4.79 Å². The smallest absolute Gasteiger partial charge is 0.336 e. The van der Waals surface area contributed by atoms with Crippen molar-refractivity contribution in [3.63, 3.8) is 0 Å². The van der Waals surface area contributed by atoms with Crippen molar-refractivity contribution in [3.05, 3.63) is 40.8 Å². The Kier molecular flexibility index (Phi) is 5.16. The van der Waals surface area contributed by atoms with Crippen LogP contribution in [-0.2, 0) is 4.79 Å². The van der Waals surface area contributed by atoms with Gasteiger partial charge in [-0.1, -0.05) is 34.1 Å². The SMILES string of the molecule is CCCC(C)(C(=O)Oc1ccc2ccc(=O)oc2c1)C(C)(C)CC. The largest absolute Gasteiger partial charge is 0.426 e. The molecule has 1 heterocycles. The van der Waals surface area contributed by atoms with Crippen LogP contribution in [0.1, 0.15) is 53.9 Å². The first-order valence-corrected chi connectivity index (χ1v) is 8.49. The van der Waals surface area contributed by atoms with Crippen LogP contribution >= 0.6 is 0 Å². The van der Waals surface area contributed by atoms with Gasteiger partial charge in [-0.2, -0.15) is 0 Å². The van der Waals surface area contributed by atoms with E-state index in [1.54, 1.807) is 24.3 Å². The number of benzene rings is 1. The monoisotopic (exact) mass is 330 g/mol. The molecule has 4 nitrogen and oxygen atoms in total. The first kappa shape index (κ1) is 18.2. The third-order valence-corrected chi connectivity index (χ3v) is 5.38. The normalized spacial score (nSPS) is 14.4. The highest BCUT2D eigenvalue weighted by Crippen LogP contribution is 2.46. The van der Waals surface area contributed by atoms with Crippen LogP contribution < -0.4 is 10.4 Å². The number of hydrogen-bond donors (Lipinski definition) is 0. The fourth-order valence-corrected chi connectivity index (χ4v) is 2.93. The maximum atomic E-state index is 12.9. The number of fused-ring (bicyclic) bond motifs is 1. The van der Waals surface area contributed by atoms with Gasteiger partial charge < -0.3 is 9.15 Å². The number of ether oxygens (including phenoxy) is 1. The van der Waals surface area contributed by atoms with Crippen LogP contribution in [0.25, 0.3) is 11.0 Å². The van der Waals surface area contributed by atoms with Crippen molar-refractivity contribution >= 4 is 16.9 Å². The van der Waals surface area contributed by atoms with Gasteiger partial charge in [0.25, 0.3) is 0 Å².